The summed E-state index contributed by atoms with van der Waals surface area (Å²) in [7, 11) is 0. The van der Waals surface area contributed by atoms with E-state index in [0.717, 1.165) is 11.8 Å². The molecule has 0 aliphatic heterocycles. The SMILES string of the molecule is Cc1cccc2nc(C[NH2+][C@@H](C)c3ccc(F)cc3F)cc(=O)n12. The van der Waals surface area contributed by atoms with Crippen LogP contribution in [0.3, 0.4) is 0 Å². The van der Waals surface area contributed by atoms with Gasteiger partial charge in [0, 0.05) is 23.4 Å². The van der Waals surface area contributed by atoms with E-state index in [-0.39, 0.29) is 11.6 Å². The van der Waals surface area contributed by atoms with Gasteiger partial charge >= 0.3 is 0 Å². The Bertz CT molecular complexity index is 953. The molecular formula is C18H18F2N3O+. The summed E-state index contributed by atoms with van der Waals surface area (Å²) >= 11 is 0. The Morgan fingerprint density at radius 1 is 1.21 bits per heavy atom. The molecule has 0 aliphatic carbocycles. The quantitative estimate of drug-likeness (QED) is 0.796. The van der Waals surface area contributed by atoms with E-state index in [2.05, 4.69) is 4.98 Å². The molecule has 3 aromatic rings. The molecule has 1 aromatic carbocycles. The number of hydrogen-bond donors (Lipinski definition) is 1. The number of hydrogen-bond acceptors (Lipinski definition) is 2. The van der Waals surface area contributed by atoms with E-state index in [9.17, 15) is 13.6 Å². The fourth-order valence-electron chi connectivity index (χ4n) is 2.76. The third kappa shape index (κ3) is 3.19. The second kappa shape index (κ2) is 6.49. The maximum absolute atomic E-state index is 13.8. The molecule has 0 aliphatic rings. The maximum atomic E-state index is 13.8. The minimum Gasteiger partial charge on any atom is -0.335 e. The number of nitrogens with two attached hydrogens (primary N) is 1. The second-order valence-corrected chi connectivity index (χ2v) is 5.84. The van der Waals surface area contributed by atoms with Crippen LogP contribution in [-0.4, -0.2) is 9.38 Å². The Hall–Kier alpha value is -2.60. The number of halogens is 2. The molecule has 0 unspecified atom stereocenters. The summed E-state index contributed by atoms with van der Waals surface area (Å²) in [6, 6.07) is 10.3. The molecule has 124 valence electrons. The van der Waals surface area contributed by atoms with Crippen molar-refractivity contribution < 1.29 is 14.1 Å². The van der Waals surface area contributed by atoms with E-state index in [1.54, 1.807) is 10.5 Å². The highest BCUT2D eigenvalue weighted by molar-refractivity contribution is 5.40. The van der Waals surface area contributed by atoms with Gasteiger partial charge in [0.2, 0.25) is 0 Å². The molecular weight excluding hydrogens is 312 g/mol. The molecule has 0 saturated carbocycles. The second-order valence-electron chi connectivity index (χ2n) is 5.84. The first-order valence-corrected chi connectivity index (χ1v) is 7.72. The predicted molar refractivity (Wildman–Crippen MR) is 86.6 cm³/mol. The highest BCUT2D eigenvalue weighted by Crippen LogP contribution is 2.14. The van der Waals surface area contributed by atoms with E-state index >= 15 is 0 Å². The Kier molecular flexibility index (Phi) is 4.40. The molecule has 2 aromatic heterocycles. The fourth-order valence-corrected chi connectivity index (χ4v) is 2.76. The van der Waals surface area contributed by atoms with Crippen LogP contribution in [0.1, 0.15) is 29.9 Å². The lowest BCUT2D eigenvalue weighted by Crippen LogP contribution is -2.83. The van der Waals surface area contributed by atoms with Gasteiger partial charge < -0.3 is 5.32 Å². The molecule has 0 fully saturated rings. The molecule has 0 bridgehead atoms. The normalized spacial score (nSPS) is 12.5. The lowest BCUT2D eigenvalue weighted by atomic mass is 10.1. The molecule has 2 heterocycles. The number of aryl methyl sites for hydroxylation is 1. The van der Waals surface area contributed by atoms with Crippen LogP contribution in [0.5, 0.6) is 0 Å². The summed E-state index contributed by atoms with van der Waals surface area (Å²) in [6.07, 6.45) is 0. The van der Waals surface area contributed by atoms with Gasteiger partial charge in [0.15, 0.2) is 0 Å². The smallest absolute Gasteiger partial charge is 0.258 e. The molecule has 2 N–H and O–H groups in total. The molecule has 0 saturated heterocycles. The van der Waals surface area contributed by atoms with Crippen molar-refractivity contribution in [1.82, 2.24) is 9.38 Å². The van der Waals surface area contributed by atoms with Crippen molar-refractivity contribution in [3.63, 3.8) is 0 Å². The van der Waals surface area contributed by atoms with Crippen molar-refractivity contribution in [3.8, 4) is 0 Å². The number of benzene rings is 1. The summed E-state index contributed by atoms with van der Waals surface area (Å²) in [5, 5.41) is 1.87. The molecule has 4 nitrogen and oxygen atoms in total. The van der Waals surface area contributed by atoms with Crippen LogP contribution in [0.2, 0.25) is 0 Å². The van der Waals surface area contributed by atoms with Gasteiger partial charge in [0.05, 0.1) is 0 Å². The Morgan fingerprint density at radius 3 is 2.75 bits per heavy atom. The van der Waals surface area contributed by atoms with Crippen LogP contribution in [0.15, 0.2) is 47.3 Å². The Labute approximate surface area is 137 Å². The van der Waals surface area contributed by atoms with Crippen molar-refractivity contribution in [3.05, 3.63) is 81.4 Å². The number of quaternary nitrogens is 1. The van der Waals surface area contributed by atoms with Gasteiger partial charge in [0.1, 0.15) is 35.6 Å². The average Bonchev–Trinajstić information content (AvgIpc) is 2.52. The predicted octanol–water partition coefficient (Wildman–Crippen LogP) is 2.11. The molecule has 0 radical (unpaired) electrons. The van der Waals surface area contributed by atoms with Crippen LogP contribution in [0.25, 0.3) is 5.65 Å². The van der Waals surface area contributed by atoms with Crippen molar-refractivity contribution in [2.45, 2.75) is 26.4 Å². The largest absolute Gasteiger partial charge is 0.335 e. The molecule has 1 atom stereocenters. The molecule has 3 rings (SSSR count). The summed E-state index contributed by atoms with van der Waals surface area (Å²) in [4.78, 5) is 16.7. The minimum absolute atomic E-state index is 0.137. The zero-order valence-electron chi connectivity index (χ0n) is 13.5. The first kappa shape index (κ1) is 16.3. The number of pyridine rings is 1. The molecule has 0 spiro atoms. The zero-order chi connectivity index (χ0) is 17.3. The number of fused-ring (bicyclic) bond motifs is 1. The average molecular weight is 330 g/mol. The van der Waals surface area contributed by atoms with Crippen molar-refractivity contribution in [2.75, 3.05) is 0 Å². The highest BCUT2D eigenvalue weighted by Gasteiger charge is 2.15. The summed E-state index contributed by atoms with van der Waals surface area (Å²) in [5.74, 6) is -1.16. The highest BCUT2D eigenvalue weighted by atomic mass is 19.1. The van der Waals surface area contributed by atoms with Gasteiger partial charge in [-0.15, -0.1) is 0 Å². The first-order valence-electron chi connectivity index (χ1n) is 7.72. The van der Waals surface area contributed by atoms with Gasteiger partial charge in [0.25, 0.3) is 5.56 Å². The Balaban J connectivity index is 1.82. The van der Waals surface area contributed by atoms with Crippen molar-refractivity contribution in [2.24, 2.45) is 0 Å². The van der Waals surface area contributed by atoms with E-state index in [1.807, 2.05) is 31.3 Å². The zero-order valence-corrected chi connectivity index (χ0v) is 13.5. The van der Waals surface area contributed by atoms with Crippen LogP contribution < -0.4 is 10.9 Å². The number of rotatable bonds is 4. The topological polar surface area (TPSA) is 51.0 Å². The van der Waals surface area contributed by atoms with Crippen LogP contribution in [-0.2, 0) is 6.54 Å². The lowest BCUT2D eigenvalue weighted by molar-refractivity contribution is -0.708. The van der Waals surface area contributed by atoms with Gasteiger partial charge in [-0.05, 0) is 38.1 Å². The van der Waals surface area contributed by atoms with Gasteiger partial charge in [-0.1, -0.05) is 6.07 Å². The van der Waals surface area contributed by atoms with Gasteiger partial charge in [-0.3, -0.25) is 9.20 Å². The standard InChI is InChI=1S/C18H17F2N3O/c1-11-4-3-5-17-22-14(9-18(24)23(11)17)10-21-12(2)15-7-6-13(19)8-16(15)20/h3-9,12,21H,10H2,1-2H3/p+1/t12-/m0/s1. The summed E-state index contributed by atoms with van der Waals surface area (Å²) in [5.41, 5.74) is 2.32. The van der Waals surface area contributed by atoms with Gasteiger partial charge in [-0.25, -0.2) is 13.8 Å². The lowest BCUT2D eigenvalue weighted by Gasteiger charge is -2.12. The van der Waals surface area contributed by atoms with Crippen LogP contribution in [0, 0.1) is 18.6 Å². The first-order chi connectivity index (χ1) is 11.5. The van der Waals surface area contributed by atoms with Crippen LogP contribution in [0.4, 0.5) is 8.78 Å². The van der Waals surface area contributed by atoms with E-state index < -0.39 is 11.6 Å². The molecule has 6 heteroatoms. The van der Waals surface area contributed by atoms with Crippen molar-refractivity contribution >= 4 is 5.65 Å². The summed E-state index contributed by atoms with van der Waals surface area (Å²) < 4.78 is 28.4. The third-order valence-corrected chi connectivity index (χ3v) is 4.07. The monoisotopic (exact) mass is 330 g/mol. The number of nitrogens with zero attached hydrogens (tertiary/aromatic N) is 2. The fraction of sp³-hybridized carbons (Fsp3) is 0.222. The number of aromatic nitrogens is 2. The summed E-state index contributed by atoms with van der Waals surface area (Å²) in [6.45, 7) is 4.10. The third-order valence-electron chi connectivity index (χ3n) is 4.07. The Morgan fingerprint density at radius 2 is 2.00 bits per heavy atom. The molecule has 24 heavy (non-hydrogen) atoms. The van der Waals surface area contributed by atoms with E-state index in [0.29, 0.717) is 23.4 Å². The van der Waals surface area contributed by atoms with Gasteiger partial charge in [-0.2, -0.15) is 0 Å². The van der Waals surface area contributed by atoms with E-state index in [1.165, 1.54) is 18.2 Å². The minimum atomic E-state index is -0.594. The maximum Gasteiger partial charge on any atom is 0.258 e. The molecule has 0 amide bonds. The van der Waals surface area contributed by atoms with E-state index in [4.69, 9.17) is 0 Å². The van der Waals surface area contributed by atoms with Crippen molar-refractivity contribution in [1.29, 1.82) is 0 Å². The van der Waals surface area contributed by atoms with Crippen LogP contribution >= 0.6 is 0 Å².